The molecule has 7 heteroatoms. The van der Waals surface area contributed by atoms with Crippen molar-refractivity contribution in [1.29, 1.82) is 0 Å². The lowest BCUT2D eigenvalue weighted by atomic mass is 9.99. The molecule has 1 aromatic rings. The van der Waals surface area contributed by atoms with Gasteiger partial charge < -0.3 is 20.5 Å². The number of Topliss-reactive ketones (excluding diaryl/α,β-unsaturated/α-hetero) is 1. The second kappa shape index (κ2) is 8.12. The largest absolute Gasteiger partial charge is 0.454 e. The Hall–Kier alpha value is -2.12. The quantitative estimate of drug-likeness (QED) is 0.484. The summed E-state index contributed by atoms with van der Waals surface area (Å²) in [5.41, 5.74) is 6.39. The lowest BCUT2D eigenvalue weighted by molar-refractivity contribution is -0.123. The van der Waals surface area contributed by atoms with Crippen LogP contribution in [0.1, 0.15) is 37.6 Å². The molecule has 0 fully saturated rings. The number of nitrogens with one attached hydrogen (secondary N) is 2. The van der Waals surface area contributed by atoms with E-state index in [0.29, 0.717) is 17.1 Å². The molecule has 0 saturated carbocycles. The van der Waals surface area contributed by atoms with E-state index in [2.05, 4.69) is 10.6 Å². The molecule has 1 heterocycles. The molecule has 1 aliphatic heterocycles. The molecule has 1 amide bonds. The number of hydrogen-bond donors (Lipinski definition) is 3. The van der Waals surface area contributed by atoms with E-state index in [9.17, 15) is 9.59 Å². The van der Waals surface area contributed by atoms with Crippen LogP contribution in [0.5, 0.6) is 11.5 Å². The van der Waals surface area contributed by atoms with Gasteiger partial charge >= 0.3 is 0 Å². The van der Waals surface area contributed by atoms with E-state index in [1.165, 1.54) is 0 Å². The molecule has 3 unspecified atom stereocenters. The smallest absolute Gasteiger partial charge is 0.238 e. The van der Waals surface area contributed by atoms with Gasteiger partial charge in [0.1, 0.15) is 0 Å². The summed E-state index contributed by atoms with van der Waals surface area (Å²) in [5, 5.41) is 5.69. The van der Waals surface area contributed by atoms with Crippen LogP contribution in [0.25, 0.3) is 0 Å². The Morgan fingerprint density at radius 2 is 1.96 bits per heavy atom. The Morgan fingerprint density at radius 1 is 1.25 bits per heavy atom. The van der Waals surface area contributed by atoms with Crippen molar-refractivity contribution in [3.05, 3.63) is 23.8 Å². The molecule has 0 bridgehead atoms. The van der Waals surface area contributed by atoms with Crippen LogP contribution in [0.3, 0.4) is 0 Å². The SMILES string of the molecule is CCC(C)C(N)C(=O)NCNC(C)C(=O)c1ccc2c(c1)OCO2. The molecule has 24 heavy (non-hydrogen) atoms. The highest BCUT2D eigenvalue weighted by Crippen LogP contribution is 2.32. The minimum absolute atomic E-state index is 0.0891. The van der Waals surface area contributed by atoms with Crippen molar-refractivity contribution in [1.82, 2.24) is 10.6 Å². The number of carbonyl (C=O) groups excluding carboxylic acids is 2. The maximum absolute atomic E-state index is 12.4. The number of amides is 1. The van der Waals surface area contributed by atoms with Crippen LogP contribution in [0.15, 0.2) is 18.2 Å². The van der Waals surface area contributed by atoms with Gasteiger partial charge in [-0.05, 0) is 31.0 Å². The average molecular weight is 335 g/mol. The molecular formula is C17H25N3O4. The van der Waals surface area contributed by atoms with Gasteiger partial charge in [-0.1, -0.05) is 20.3 Å². The van der Waals surface area contributed by atoms with E-state index in [4.69, 9.17) is 15.2 Å². The fourth-order valence-corrected chi connectivity index (χ4v) is 2.31. The zero-order valence-electron chi connectivity index (χ0n) is 14.3. The van der Waals surface area contributed by atoms with E-state index < -0.39 is 12.1 Å². The van der Waals surface area contributed by atoms with Gasteiger partial charge in [-0.25, -0.2) is 0 Å². The van der Waals surface area contributed by atoms with E-state index in [1.54, 1.807) is 25.1 Å². The molecule has 132 valence electrons. The monoisotopic (exact) mass is 335 g/mol. The van der Waals surface area contributed by atoms with Gasteiger partial charge in [0.2, 0.25) is 12.7 Å². The third kappa shape index (κ3) is 4.24. The Balaban J connectivity index is 1.83. The summed E-state index contributed by atoms with van der Waals surface area (Å²) in [6, 6.07) is 4.09. The number of hydrogen-bond acceptors (Lipinski definition) is 6. The number of nitrogens with two attached hydrogens (primary N) is 1. The van der Waals surface area contributed by atoms with Crippen LogP contribution in [-0.4, -0.2) is 37.2 Å². The van der Waals surface area contributed by atoms with Crippen molar-refractivity contribution in [3.63, 3.8) is 0 Å². The molecule has 4 N–H and O–H groups in total. The Morgan fingerprint density at radius 3 is 2.67 bits per heavy atom. The first-order valence-electron chi connectivity index (χ1n) is 8.14. The molecule has 1 aliphatic rings. The van der Waals surface area contributed by atoms with Crippen molar-refractivity contribution in [3.8, 4) is 11.5 Å². The second-order valence-electron chi connectivity index (χ2n) is 5.99. The fourth-order valence-electron chi connectivity index (χ4n) is 2.31. The normalized spacial score (nSPS) is 16.3. The van der Waals surface area contributed by atoms with Crippen LogP contribution >= 0.6 is 0 Å². The predicted octanol–water partition coefficient (Wildman–Crippen LogP) is 1.02. The third-order valence-corrected chi connectivity index (χ3v) is 4.28. The molecule has 3 atom stereocenters. The molecule has 0 spiro atoms. The van der Waals surface area contributed by atoms with Gasteiger partial charge in [0.05, 0.1) is 18.8 Å². The van der Waals surface area contributed by atoms with Crippen LogP contribution < -0.4 is 25.8 Å². The number of benzene rings is 1. The maximum Gasteiger partial charge on any atom is 0.238 e. The zero-order chi connectivity index (χ0) is 17.7. The minimum atomic E-state index is -0.545. The Kier molecular flexibility index (Phi) is 6.16. The average Bonchev–Trinajstić information content (AvgIpc) is 3.06. The first-order valence-corrected chi connectivity index (χ1v) is 8.14. The van der Waals surface area contributed by atoms with Crippen LogP contribution in [0.4, 0.5) is 0 Å². The molecule has 0 aliphatic carbocycles. The summed E-state index contributed by atoms with van der Waals surface area (Å²) in [4.78, 5) is 24.3. The highest BCUT2D eigenvalue weighted by molar-refractivity contribution is 6.00. The maximum atomic E-state index is 12.4. The van der Waals surface area contributed by atoms with Crippen LogP contribution in [-0.2, 0) is 4.79 Å². The number of rotatable bonds is 8. The molecular weight excluding hydrogens is 310 g/mol. The first kappa shape index (κ1) is 18.2. The van der Waals surface area contributed by atoms with Crippen LogP contribution in [0, 0.1) is 5.92 Å². The van der Waals surface area contributed by atoms with Gasteiger partial charge in [0, 0.05) is 5.56 Å². The van der Waals surface area contributed by atoms with E-state index in [1.807, 2.05) is 13.8 Å². The minimum Gasteiger partial charge on any atom is -0.454 e. The molecule has 7 nitrogen and oxygen atoms in total. The van der Waals surface area contributed by atoms with E-state index in [0.717, 1.165) is 6.42 Å². The lowest BCUT2D eigenvalue weighted by Gasteiger charge is -2.19. The summed E-state index contributed by atoms with van der Waals surface area (Å²) in [5.74, 6) is 1.00. The van der Waals surface area contributed by atoms with Gasteiger partial charge in [-0.3, -0.25) is 14.9 Å². The molecule has 2 rings (SSSR count). The summed E-state index contributed by atoms with van der Waals surface area (Å²) in [6.45, 7) is 6.02. The highest BCUT2D eigenvalue weighted by atomic mass is 16.7. The van der Waals surface area contributed by atoms with Crippen molar-refractivity contribution in [2.75, 3.05) is 13.5 Å². The van der Waals surface area contributed by atoms with E-state index >= 15 is 0 Å². The highest BCUT2D eigenvalue weighted by Gasteiger charge is 2.21. The standard InChI is InChI=1S/C17H25N3O4/c1-4-10(2)15(18)17(22)20-8-19-11(3)16(21)12-5-6-13-14(7-12)24-9-23-13/h5-7,10-11,15,19H,4,8-9,18H2,1-3H3,(H,20,22). The number of carbonyl (C=O) groups is 2. The summed E-state index contributed by atoms with van der Waals surface area (Å²) in [7, 11) is 0. The van der Waals surface area contributed by atoms with Gasteiger partial charge in [0.25, 0.3) is 0 Å². The predicted molar refractivity (Wildman–Crippen MR) is 89.9 cm³/mol. The molecule has 0 saturated heterocycles. The number of fused-ring (bicyclic) bond motifs is 1. The van der Waals surface area contributed by atoms with Gasteiger partial charge in [-0.15, -0.1) is 0 Å². The van der Waals surface area contributed by atoms with Crippen molar-refractivity contribution in [2.24, 2.45) is 11.7 Å². The lowest BCUT2D eigenvalue weighted by Crippen LogP contribution is -2.49. The summed E-state index contributed by atoms with van der Waals surface area (Å²) in [6.07, 6.45) is 0.834. The zero-order valence-corrected chi connectivity index (χ0v) is 14.3. The molecule has 0 radical (unpaired) electrons. The molecule has 0 aromatic heterocycles. The topological polar surface area (TPSA) is 103 Å². The van der Waals surface area contributed by atoms with Crippen molar-refractivity contribution < 1.29 is 19.1 Å². The summed E-state index contributed by atoms with van der Waals surface area (Å²) >= 11 is 0. The Bertz CT molecular complexity index is 605. The summed E-state index contributed by atoms with van der Waals surface area (Å²) < 4.78 is 10.5. The van der Waals surface area contributed by atoms with E-state index in [-0.39, 0.29) is 31.1 Å². The third-order valence-electron chi connectivity index (χ3n) is 4.28. The van der Waals surface area contributed by atoms with Crippen molar-refractivity contribution >= 4 is 11.7 Å². The van der Waals surface area contributed by atoms with Gasteiger partial charge in [-0.2, -0.15) is 0 Å². The first-order chi connectivity index (χ1) is 11.4. The Labute approximate surface area is 141 Å². The fraction of sp³-hybridized carbons (Fsp3) is 0.529. The molecule has 1 aromatic carbocycles. The van der Waals surface area contributed by atoms with Crippen molar-refractivity contribution in [2.45, 2.75) is 39.3 Å². The number of ether oxygens (including phenoxy) is 2. The number of ketones is 1. The van der Waals surface area contributed by atoms with Gasteiger partial charge in [0.15, 0.2) is 17.3 Å². The second-order valence-corrected chi connectivity index (χ2v) is 5.99. The van der Waals surface area contributed by atoms with Crippen LogP contribution in [0.2, 0.25) is 0 Å².